The van der Waals surface area contributed by atoms with Gasteiger partial charge in [-0.2, -0.15) is 5.26 Å². The molecule has 1 aromatic carbocycles. The molecule has 0 radical (unpaired) electrons. The predicted octanol–water partition coefficient (Wildman–Crippen LogP) is 2.65. The van der Waals surface area contributed by atoms with Gasteiger partial charge in [0.2, 0.25) is 5.91 Å². The first-order valence-electron chi connectivity index (χ1n) is 8.68. The summed E-state index contributed by atoms with van der Waals surface area (Å²) >= 11 is 0. The van der Waals surface area contributed by atoms with Gasteiger partial charge in [0.25, 0.3) is 0 Å². The van der Waals surface area contributed by atoms with E-state index in [0.717, 1.165) is 10.8 Å². The highest BCUT2D eigenvalue weighted by Crippen LogP contribution is 2.39. The Morgan fingerprint density at radius 3 is 2.85 bits per heavy atom. The number of amides is 2. The zero-order chi connectivity index (χ0) is 19.3. The Labute approximate surface area is 155 Å². The van der Waals surface area contributed by atoms with Crippen LogP contribution >= 0.6 is 0 Å². The largest absolute Gasteiger partial charge is 0.441 e. The monoisotopic (exact) mass is 365 g/mol. The summed E-state index contributed by atoms with van der Waals surface area (Å²) in [6.45, 7) is 4.11. The number of carbonyl (C=O) groups is 2. The minimum Gasteiger partial charge on any atom is -0.441 e. The summed E-state index contributed by atoms with van der Waals surface area (Å²) < 4.78 is 5.35. The molecule has 1 aliphatic carbocycles. The van der Waals surface area contributed by atoms with Gasteiger partial charge in [-0.25, -0.2) is 9.78 Å². The molecule has 8 heteroatoms. The number of nitrogens with two attached hydrogens (primary N) is 1. The molecule has 1 aliphatic heterocycles. The third-order valence-electron chi connectivity index (χ3n) is 4.83. The number of hydrogen-bond donors (Lipinski definition) is 2. The fourth-order valence-electron chi connectivity index (χ4n) is 3.31. The molecule has 0 bridgehead atoms. The molecule has 2 fully saturated rings. The van der Waals surface area contributed by atoms with Gasteiger partial charge in [0.1, 0.15) is 11.4 Å². The van der Waals surface area contributed by atoms with Crippen molar-refractivity contribution < 1.29 is 14.3 Å². The molecular formula is C19H19N5O3. The second-order valence-electron chi connectivity index (χ2n) is 7.61. The number of ether oxygens (including phenoxy) is 1. The number of nitrogens with one attached hydrogen (secondary N) is 1. The maximum Gasteiger partial charge on any atom is 0.415 e. The zero-order valence-corrected chi connectivity index (χ0v) is 15.0. The maximum absolute atomic E-state index is 12.2. The molecule has 1 saturated heterocycles. The van der Waals surface area contributed by atoms with Crippen molar-refractivity contribution in [1.82, 2.24) is 4.98 Å². The van der Waals surface area contributed by atoms with Crippen LogP contribution in [-0.4, -0.2) is 29.1 Å². The molecule has 2 atom stereocenters. The summed E-state index contributed by atoms with van der Waals surface area (Å²) in [5, 5.41) is 13.1. The molecule has 3 N–H and O–H groups in total. The van der Waals surface area contributed by atoms with Gasteiger partial charge < -0.3 is 15.8 Å². The van der Waals surface area contributed by atoms with Crippen molar-refractivity contribution in [2.45, 2.75) is 25.9 Å². The van der Waals surface area contributed by atoms with Crippen LogP contribution in [0, 0.1) is 23.2 Å². The van der Waals surface area contributed by atoms with E-state index in [9.17, 15) is 9.59 Å². The quantitative estimate of drug-likeness (QED) is 0.807. The molecule has 4 rings (SSSR count). The molecule has 138 valence electrons. The molecule has 1 saturated carbocycles. The van der Waals surface area contributed by atoms with Gasteiger partial charge in [0.05, 0.1) is 24.4 Å². The van der Waals surface area contributed by atoms with Gasteiger partial charge in [0, 0.05) is 23.0 Å². The number of nitrogens with zero attached hydrogens (tertiary/aromatic N) is 3. The molecule has 2 amide bonds. The topological polar surface area (TPSA) is 121 Å². The average molecular weight is 365 g/mol. The Bertz CT molecular complexity index is 1010. The lowest BCUT2D eigenvalue weighted by Crippen LogP contribution is -2.28. The number of cyclic esters (lactones) is 1. The SMILES string of the molecule is CC1(C)CN(c2cc(N)c3cnc(NC(=O)[C@H]4C[C@@H]4C#N)cc3c2)C(=O)O1. The van der Waals surface area contributed by atoms with Crippen LogP contribution in [0.5, 0.6) is 0 Å². The average Bonchev–Trinajstić information content (AvgIpc) is 3.33. The molecule has 2 heterocycles. The number of nitriles is 1. The smallest absolute Gasteiger partial charge is 0.415 e. The highest BCUT2D eigenvalue weighted by atomic mass is 16.6. The Morgan fingerprint density at radius 2 is 2.22 bits per heavy atom. The van der Waals surface area contributed by atoms with E-state index < -0.39 is 11.7 Å². The van der Waals surface area contributed by atoms with E-state index in [1.165, 1.54) is 4.90 Å². The molecule has 8 nitrogen and oxygen atoms in total. The number of nitrogen functional groups attached to an aromatic ring is 1. The van der Waals surface area contributed by atoms with Gasteiger partial charge in [-0.15, -0.1) is 0 Å². The van der Waals surface area contributed by atoms with Crippen molar-refractivity contribution >= 4 is 40.0 Å². The standard InChI is InChI=1S/C19H19N5O3/c1-19(2)9-24(18(26)27-19)12-3-10-5-16(22-8-14(10)15(21)6-12)23-17(25)13-4-11(13)7-20/h3,5-6,8,11,13H,4,9,21H2,1-2H3,(H,22,23,25)/t11-,13+/m1/s1. The van der Waals surface area contributed by atoms with Crippen molar-refractivity contribution in [2.75, 3.05) is 22.5 Å². The summed E-state index contributed by atoms with van der Waals surface area (Å²) in [6.07, 6.45) is 1.75. The Morgan fingerprint density at radius 1 is 1.44 bits per heavy atom. The minimum absolute atomic E-state index is 0.206. The minimum atomic E-state index is -0.570. The van der Waals surface area contributed by atoms with Crippen molar-refractivity contribution in [3.63, 3.8) is 0 Å². The van der Waals surface area contributed by atoms with Crippen molar-refractivity contribution in [3.05, 3.63) is 24.4 Å². The second kappa shape index (κ2) is 5.84. The Hall–Kier alpha value is -3.34. The Balaban J connectivity index is 1.64. The van der Waals surface area contributed by atoms with Crippen LogP contribution in [0.1, 0.15) is 20.3 Å². The van der Waals surface area contributed by atoms with E-state index in [1.807, 2.05) is 19.9 Å². The predicted molar refractivity (Wildman–Crippen MR) is 99.9 cm³/mol. The number of benzene rings is 1. The first-order valence-corrected chi connectivity index (χ1v) is 8.68. The third kappa shape index (κ3) is 3.12. The maximum atomic E-state index is 12.2. The summed E-state index contributed by atoms with van der Waals surface area (Å²) in [7, 11) is 0. The van der Waals surface area contributed by atoms with Crippen molar-refractivity contribution in [3.8, 4) is 6.07 Å². The molecule has 2 aromatic rings. The molecule has 0 spiro atoms. The lowest BCUT2D eigenvalue weighted by Gasteiger charge is -2.17. The fourth-order valence-corrected chi connectivity index (χ4v) is 3.31. The van der Waals surface area contributed by atoms with Gasteiger partial charge >= 0.3 is 6.09 Å². The highest BCUT2D eigenvalue weighted by molar-refractivity contribution is 6.02. The van der Waals surface area contributed by atoms with Crippen LogP contribution in [0.15, 0.2) is 24.4 Å². The van der Waals surface area contributed by atoms with E-state index in [2.05, 4.69) is 16.4 Å². The molecule has 2 aliphatic rings. The van der Waals surface area contributed by atoms with Gasteiger partial charge in [0.15, 0.2) is 0 Å². The summed E-state index contributed by atoms with van der Waals surface area (Å²) in [6, 6.07) is 7.34. The number of anilines is 3. The van der Waals surface area contributed by atoms with Crippen LogP contribution in [0.3, 0.4) is 0 Å². The summed E-state index contributed by atoms with van der Waals surface area (Å²) in [4.78, 5) is 30.1. The number of hydrogen-bond acceptors (Lipinski definition) is 6. The van der Waals surface area contributed by atoms with Crippen LogP contribution in [0.4, 0.5) is 22.0 Å². The number of carbonyl (C=O) groups excluding carboxylic acids is 2. The van der Waals surface area contributed by atoms with Crippen LogP contribution in [0.2, 0.25) is 0 Å². The normalized spacial score (nSPS) is 23.0. The number of aromatic nitrogens is 1. The van der Waals surface area contributed by atoms with E-state index in [-0.39, 0.29) is 17.7 Å². The highest BCUT2D eigenvalue weighted by Gasteiger charge is 2.43. The summed E-state index contributed by atoms with van der Waals surface area (Å²) in [5.74, 6) is -0.304. The summed E-state index contributed by atoms with van der Waals surface area (Å²) in [5.41, 5.74) is 6.69. The number of fused-ring (bicyclic) bond motifs is 1. The van der Waals surface area contributed by atoms with Crippen LogP contribution < -0.4 is 16.0 Å². The number of rotatable bonds is 3. The zero-order valence-electron chi connectivity index (χ0n) is 15.0. The third-order valence-corrected chi connectivity index (χ3v) is 4.83. The first kappa shape index (κ1) is 17.1. The van der Waals surface area contributed by atoms with Gasteiger partial charge in [-0.1, -0.05) is 0 Å². The molecule has 0 unspecified atom stereocenters. The fraction of sp³-hybridized carbons (Fsp3) is 0.368. The molecule has 27 heavy (non-hydrogen) atoms. The van der Waals surface area contributed by atoms with Crippen LogP contribution in [0.25, 0.3) is 10.8 Å². The van der Waals surface area contributed by atoms with E-state index in [1.54, 1.807) is 18.3 Å². The first-order chi connectivity index (χ1) is 12.8. The second-order valence-corrected chi connectivity index (χ2v) is 7.61. The lowest BCUT2D eigenvalue weighted by molar-refractivity contribution is -0.117. The van der Waals surface area contributed by atoms with E-state index in [0.29, 0.717) is 30.2 Å². The van der Waals surface area contributed by atoms with Crippen LogP contribution in [-0.2, 0) is 9.53 Å². The number of pyridine rings is 1. The molecule has 1 aromatic heterocycles. The van der Waals surface area contributed by atoms with E-state index in [4.69, 9.17) is 15.7 Å². The Kier molecular flexibility index (Phi) is 3.70. The van der Waals surface area contributed by atoms with E-state index >= 15 is 0 Å². The van der Waals surface area contributed by atoms with Crippen molar-refractivity contribution in [1.29, 1.82) is 5.26 Å². The lowest BCUT2D eigenvalue weighted by atomic mass is 10.1. The van der Waals surface area contributed by atoms with Gasteiger partial charge in [-0.3, -0.25) is 9.69 Å². The molecular weight excluding hydrogens is 346 g/mol. The van der Waals surface area contributed by atoms with Gasteiger partial charge in [-0.05, 0) is 43.9 Å². The van der Waals surface area contributed by atoms with Crippen molar-refractivity contribution in [2.24, 2.45) is 11.8 Å².